The van der Waals surface area contributed by atoms with Crippen molar-refractivity contribution in [3.05, 3.63) is 48.1 Å². The Hall–Kier alpha value is -2.73. The van der Waals surface area contributed by atoms with E-state index in [9.17, 15) is 5.11 Å². The molecule has 1 aromatic rings. The molecule has 0 aromatic heterocycles. The van der Waals surface area contributed by atoms with Gasteiger partial charge in [0, 0.05) is 43.5 Å². The van der Waals surface area contributed by atoms with Crippen LogP contribution in [0.3, 0.4) is 0 Å². The molecular weight excluding hydrogens is 422 g/mol. The Bertz CT molecular complexity index is 906. The molecule has 1 saturated heterocycles. The van der Waals surface area contributed by atoms with E-state index >= 15 is 0 Å². The number of aromatic hydroxyl groups is 1. The van der Waals surface area contributed by atoms with E-state index in [0.29, 0.717) is 17.3 Å². The third kappa shape index (κ3) is 9.64. The molecule has 1 atom stereocenters. The van der Waals surface area contributed by atoms with Crippen LogP contribution in [0, 0.1) is 0 Å². The van der Waals surface area contributed by atoms with Gasteiger partial charge in [-0.15, -0.1) is 10.2 Å². The van der Waals surface area contributed by atoms with Crippen molar-refractivity contribution < 1.29 is 5.11 Å². The number of likely N-dealkylation sites (tertiary alicyclic amines) is 1. The zero-order chi connectivity index (χ0) is 25.7. The molecule has 1 heterocycles. The summed E-state index contributed by atoms with van der Waals surface area (Å²) in [5.74, 6) is 1.01. The van der Waals surface area contributed by atoms with Gasteiger partial charge in [-0.3, -0.25) is 4.99 Å². The maximum Gasteiger partial charge on any atom is 0.125 e. The first-order chi connectivity index (χ1) is 16.1. The fourth-order valence-corrected chi connectivity index (χ4v) is 3.78. The molecule has 6 heteroatoms. The van der Waals surface area contributed by atoms with Crippen molar-refractivity contribution >= 4 is 23.3 Å². The molecule has 2 rings (SSSR count). The van der Waals surface area contributed by atoms with Crippen LogP contribution in [0.2, 0.25) is 0 Å². The Kier molecular flexibility index (Phi) is 12.5. The van der Waals surface area contributed by atoms with Gasteiger partial charge in [-0.2, -0.15) is 0 Å². The molecule has 1 aromatic carbocycles. The van der Waals surface area contributed by atoms with Gasteiger partial charge in [0.05, 0.1) is 5.71 Å². The summed E-state index contributed by atoms with van der Waals surface area (Å²) in [5.41, 5.74) is 3.06. The number of nitrogens with zero attached hydrogens (tertiary/aromatic N) is 4. The number of hydrogen-bond donors (Lipinski definition) is 2. The number of nitrogens with one attached hydrogen (secondary N) is 1. The minimum Gasteiger partial charge on any atom is -0.507 e. The molecule has 34 heavy (non-hydrogen) atoms. The van der Waals surface area contributed by atoms with Crippen LogP contribution >= 0.6 is 0 Å². The number of rotatable bonds is 6. The Balaban J connectivity index is 0.00000182. The van der Waals surface area contributed by atoms with Crippen LogP contribution in [0.4, 0.5) is 0 Å². The van der Waals surface area contributed by atoms with Crippen LogP contribution < -0.4 is 5.32 Å². The lowest BCUT2D eigenvalue weighted by Crippen LogP contribution is -2.52. The summed E-state index contributed by atoms with van der Waals surface area (Å²) >= 11 is 0. The van der Waals surface area contributed by atoms with Crippen molar-refractivity contribution in [1.82, 2.24) is 10.2 Å². The molecule has 1 unspecified atom stereocenters. The molecule has 1 aliphatic rings. The van der Waals surface area contributed by atoms with E-state index in [0.717, 1.165) is 36.5 Å². The predicted molar refractivity (Wildman–Crippen MR) is 149 cm³/mol. The number of hydrogen-bond acceptors (Lipinski definition) is 5. The second-order valence-corrected chi connectivity index (χ2v) is 9.59. The van der Waals surface area contributed by atoms with Crippen molar-refractivity contribution in [1.29, 1.82) is 0 Å². The highest BCUT2D eigenvalue weighted by atomic mass is 16.3. The molecule has 1 aliphatic heterocycles. The fraction of sp³-hybridized carbons (Fsp3) is 0.536. The van der Waals surface area contributed by atoms with Crippen LogP contribution in [-0.2, 0) is 0 Å². The summed E-state index contributed by atoms with van der Waals surface area (Å²) in [6.45, 7) is 20.5. The van der Waals surface area contributed by atoms with E-state index < -0.39 is 0 Å². The van der Waals surface area contributed by atoms with Gasteiger partial charge in [0.2, 0.25) is 0 Å². The molecular formula is C28H45N5O. The molecule has 0 saturated carbocycles. The highest BCUT2D eigenvalue weighted by Gasteiger charge is 2.24. The molecule has 0 radical (unpaired) electrons. The smallest absolute Gasteiger partial charge is 0.125 e. The molecule has 0 amide bonds. The summed E-state index contributed by atoms with van der Waals surface area (Å²) in [6, 6.07) is 5.93. The molecule has 2 N–H and O–H groups in total. The maximum atomic E-state index is 10.6. The monoisotopic (exact) mass is 467 g/mol. The Morgan fingerprint density at radius 3 is 2.47 bits per heavy atom. The average Bonchev–Trinajstić information content (AvgIpc) is 2.78. The molecule has 6 nitrogen and oxygen atoms in total. The topological polar surface area (TPSA) is 72.6 Å². The van der Waals surface area contributed by atoms with Crippen LogP contribution in [0.1, 0.15) is 78.9 Å². The third-order valence-electron chi connectivity index (χ3n) is 5.20. The van der Waals surface area contributed by atoms with Gasteiger partial charge >= 0.3 is 0 Å². The van der Waals surface area contributed by atoms with Gasteiger partial charge in [0.1, 0.15) is 11.6 Å². The summed E-state index contributed by atoms with van der Waals surface area (Å²) < 4.78 is 0. The molecule has 0 spiro atoms. The quantitative estimate of drug-likeness (QED) is 0.303. The highest BCUT2D eigenvalue weighted by Crippen LogP contribution is 2.24. The second kappa shape index (κ2) is 14.5. The molecule has 0 aliphatic carbocycles. The Morgan fingerprint density at radius 2 is 1.94 bits per heavy atom. The SMILES string of the molecule is C=C/C(=N\N=C(/C)N1CCCC(NC(C)(C)C)C1)c1ccc(/C(C=NC)=C/C)cc1O.CCC. The van der Waals surface area contributed by atoms with E-state index in [-0.39, 0.29) is 11.3 Å². The molecule has 1 fully saturated rings. The van der Waals surface area contributed by atoms with Gasteiger partial charge in [0.15, 0.2) is 0 Å². The fourth-order valence-electron chi connectivity index (χ4n) is 3.78. The number of benzene rings is 1. The summed E-state index contributed by atoms with van der Waals surface area (Å²) in [5, 5.41) is 23.1. The van der Waals surface area contributed by atoms with Gasteiger partial charge in [-0.05, 0) is 76.8 Å². The highest BCUT2D eigenvalue weighted by molar-refractivity contribution is 6.12. The van der Waals surface area contributed by atoms with Crippen molar-refractivity contribution in [2.75, 3.05) is 20.1 Å². The predicted octanol–water partition coefficient (Wildman–Crippen LogP) is 6.07. The van der Waals surface area contributed by atoms with Crippen LogP contribution in [0.15, 0.2) is 52.1 Å². The van der Waals surface area contributed by atoms with E-state index in [1.54, 1.807) is 25.4 Å². The largest absolute Gasteiger partial charge is 0.507 e. The van der Waals surface area contributed by atoms with Crippen molar-refractivity contribution in [2.45, 2.75) is 79.3 Å². The Morgan fingerprint density at radius 1 is 1.26 bits per heavy atom. The molecule has 0 bridgehead atoms. The standard InChI is InChI=1S/C25H37N5O.C3H8/c1-8-19(16-26-7)20-12-13-22(24(31)15-20)23(9-2)29-28-18(3)30-14-10-11-21(17-30)27-25(4,5)6;1-3-2/h8-9,12-13,15-16,21,27,31H,2,10-11,14,17H2,1,3-7H3;3H2,1-2H3/b19-8+,26-16?,28-18+,29-23+;. The van der Waals surface area contributed by atoms with Crippen LogP contribution in [-0.4, -0.2) is 59.5 Å². The van der Waals surface area contributed by atoms with Gasteiger partial charge < -0.3 is 15.3 Å². The number of aliphatic imine (C=N–C) groups is 1. The van der Waals surface area contributed by atoms with E-state index in [1.165, 1.54) is 12.8 Å². The minimum atomic E-state index is 0.0897. The lowest BCUT2D eigenvalue weighted by molar-refractivity contribution is 0.237. The van der Waals surface area contributed by atoms with E-state index in [1.807, 2.05) is 32.1 Å². The number of allylic oxidation sites excluding steroid dienone is 3. The average molecular weight is 468 g/mol. The first-order valence-corrected chi connectivity index (χ1v) is 12.3. The minimum absolute atomic E-state index is 0.0897. The number of phenols is 1. The second-order valence-electron chi connectivity index (χ2n) is 9.59. The van der Waals surface area contributed by atoms with Crippen molar-refractivity contribution in [3.8, 4) is 5.75 Å². The third-order valence-corrected chi connectivity index (χ3v) is 5.20. The lowest BCUT2D eigenvalue weighted by Gasteiger charge is -2.37. The van der Waals surface area contributed by atoms with Crippen molar-refractivity contribution in [3.63, 3.8) is 0 Å². The first kappa shape index (κ1) is 29.3. The van der Waals surface area contributed by atoms with Crippen LogP contribution in [0.25, 0.3) is 5.57 Å². The van der Waals surface area contributed by atoms with E-state index in [4.69, 9.17) is 0 Å². The summed E-state index contributed by atoms with van der Waals surface area (Å²) in [6.07, 6.45) is 8.88. The lowest BCUT2D eigenvalue weighted by atomic mass is 10.0. The summed E-state index contributed by atoms with van der Waals surface area (Å²) in [7, 11) is 1.73. The zero-order valence-electron chi connectivity index (χ0n) is 22.5. The number of piperidine rings is 1. The van der Waals surface area contributed by atoms with Gasteiger partial charge in [-0.25, -0.2) is 0 Å². The van der Waals surface area contributed by atoms with Gasteiger partial charge in [0.25, 0.3) is 0 Å². The Labute approximate surface area is 207 Å². The summed E-state index contributed by atoms with van der Waals surface area (Å²) in [4.78, 5) is 6.33. The zero-order valence-corrected chi connectivity index (χ0v) is 22.5. The van der Waals surface area contributed by atoms with Gasteiger partial charge in [-0.1, -0.05) is 39.0 Å². The van der Waals surface area contributed by atoms with Crippen molar-refractivity contribution in [2.24, 2.45) is 15.2 Å². The maximum absolute atomic E-state index is 10.6. The van der Waals surface area contributed by atoms with Crippen LogP contribution in [0.5, 0.6) is 5.75 Å². The van der Waals surface area contributed by atoms with E-state index in [2.05, 4.69) is 66.6 Å². The normalized spacial score (nSPS) is 18.1. The first-order valence-electron chi connectivity index (χ1n) is 12.3. The molecule has 188 valence electrons. The number of phenolic OH excluding ortho intramolecular Hbond substituents is 1. The number of amidine groups is 1.